The Kier molecular flexibility index (Phi) is 8.13. The van der Waals surface area contributed by atoms with Gasteiger partial charge in [0, 0.05) is 38.8 Å². The van der Waals surface area contributed by atoms with E-state index in [-0.39, 0.29) is 29.3 Å². The van der Waals surface area contributed by atoms with Crippen molar-refractivity contribution in [3.63, 3.8) is 0 Å². The lowest BCUT2D eigenvalue weighted by Crippen LogP contribution is -2.50. The summed E-state index contributed by atoms with van der Waals surface area (Å²) < 4.78 is 32.6. The summed E-state index contributed by atoms with van der Waals surface area (Å²) in [6.45, 7) is 7.80. The van der Waals surface area contributed by atoms with E-state index >= 15 is 0 Å². The normalized spacial score (nSPS) is 21.5. The first-order chi connectivity index (χ1) is 14.8. The lowest BCUT2D eigenvalue weighted by molar-refractivity contribution is -0.127. The second-order valence-electron chi connectivity index (χ2n) is 8.74. The molecule has 1 atom stereocenters. The van der Waals surface area contributed by atoms with Gasteiger partial charge in [0.1, 0.15) is 5.75 Å². The quantitative estimate of drug-likeness (QED) is 0.648. The second kappa shape index (κ2) is 10.6. The summed E-state index contributed by atoms with van der Waals surface area (Å²) in [6, 6.07) is 6.57. The smallest absolute Gasteiger partial charge is 0.243 e. The lowest BCUT2D eigenvalue weighted by Gasteiger charge is -2.35. The molecule has 0 radical (unpaired) electrons. The maximum absolute atomic E-state index is 13.0. The van der Waals surface area contributed by atoms with Gasteiger partial charge in [0.15, 0.2) is 0 Å². The molecule has 0 aliphatic carbocycles. The topological polar surface area (TPSA) is 79.0 Å². The number of sulfonamides is 1. The summed E-state index contributed by atoms with van der Waals surface area (Å²) >= 11 is 0. The minimum absolute atomic E-state index is 0.0163. The van der Waals surface area contributed by atoms with Gasteiger partial charge < -0.3 is 10.1 Å². The maximum Gasteiger partial charge on any atom is 0.243 e. The van der Waals surface area contributed by atoms with Gasteiger partial charge in [-0.1, -0.05) is 11.6 Å². The zero-order valence-electron chi connectivity index (χ0n) is 18.8. The monoisotopic (exact) mass is 449 g/mol. The number of rotatable bonds is 7. The Morgan fingerprint density at radius 3 is 2.42 bits per heavy atom. The lowest BCUT2D eigenvalue weighted by atomic mass is 9.97. The summed E-state index contributed by atoms with van der Waals surface area (Å²) in [6.07, 6.45) is 5.51. The SMILES string of the molecule is COc1ccc(S(=O)(=O)N2CCCC(C(=O)NC3CCN(CC=C(C)C)CC3)C2)cc1. The van der Waals surface area contributed by atoms with Crippen molar-refractivity contribution in [3.05, 3.63) is 35.9 Å². The Bertz CT molecular complexity index is 871. The third-order valence-electron chi connectivity index (χ3n) is 6.14. The van der Waals surface area contributed by atoms with Gasteiger partial charge in [-0.25, -0.2) is 8.42 Å². The van der Waals surface area contributed by atoms with Crippen LogP contribution in [0.5, 0.6) is 5.75 Å². The molecule has 0 aromatic heterocycles. The number of benzene rings is 1. The number of likely N-dealkylation sites (tertiary alicyclic amines) is 1. The van der Waals surface area contributed by atoms with Crippen molar-refractivity contribution < 1.29 is 17.9 Å². The van der Waals surface area contributed by atoms with Crippen LogP contribution in [0.4, 0.5) is 0 Å². The summed E-state index contributed by atoms with van der Waals surface area (Å²) in [5, 5.41) is 3.18. The Morgan fingerprint density at radius 2 is 1.81 bits per heavy atom. The fourth-order valence-corrected chi connectivity index (χ4v) is 5.69. The summed E-state index contributed by atoms with van der Waals surface area (Å²) in [5.41, 5.74) is 1.32. The molecule has 172 valence electrons. The fraction of sp³-hybridized carbons (Fsp3) is 0.609. The molecular formula is C23H35N3O4S. The Morgan fingerprint density at radius 1 is 1.13 bits per heavy atom. The standard InChI is InChI=1S/C23H35N3O4S/c1-18(2)10-14-25-15-11-20(12-16-25)24-23(27)19-5-4-13-26(17-19)31(28,29)22-8-6-21(30-3)7-9-22/h6-10,19-20H,4-5,11-17H2,1-3H3,(H,24,27). The van der Waals surface area contributed by atoms with Crippen LogP contribution < -0.4 is 10.1 Å². The van der Waals surface area contributed by atoms with Gasteiger partial charge in [0.05, 0.1) is 17.9 Å². The number of hydrogen-bond donors (Lipinski definition) is 1. The zero-order chi connectivity index (χ0) is 22.4. The average molecular weight is 450 g/mol. The molecule has 31 heavy (non-hydrogen) atoms. The van der Waals surface area contributed by atoms with Gasteiger partial charge in [-0.15, -0.1) is 0 Å². The predicted octanol–water partition coefficient (Wildman–Crippen LogP) is 2.64. The molecule has 1 amide bonds. The average Bonchev–Trinajstić information content (AvgIpc) is 2.78. The number of ether oxygens (including phenoxy) is 1. The number of nitrogens with zero attached hydrogens (tertiary/aromatic N) is 2. The first-order valence-electron chi connectivity index (χ1n) is 11.1. The van der Waals surface area contributed by atoms with Crippen LogP contribution in [0.25, 0.3) is 0 Å². The molecule has 1 unspecified atom stereocenters. The molecule has 2 fully saturated rings. The second-order valence-corrected chi connectivity index (χ2v) is 10.7. The molecule has 3 rings (SSSR count). The highest BCUT2D eigenvalue weighted by Crippen LogP contribution is 2.25. The van der Waals surface area contributed by atoms with E-state index in [2.05, 4.69) is 30.1 Å². The van der Waals surface area contributed by atoms with Crippen LogP contribution in [0.15, 0.2) is 40.8 Å². The highest BCUT2D eigenvalue weighted by Gasteiger charge is 2.34. The number of carbonyl (C=O) groups is 1. The molecule has 1 aromatic carbocycles. The van der Waals surface area contributed by atoms with Gasteiger partial charge in [-0.05, 0) is 63.8 Å². The van der Waals surface area contributed by atoms with Crippen LogP contribution in [0.3, 0.4) is 0 Å². The van der Waals surface area contributed by atoms with Crippen LogP contribution in [0.2, 0.25) is 0 Å². The molecule has 1 N–H and O–H groups in total. The number of amides is 1. The Labute approximate surface area is 186 Å². The highest BCUT2D eigenvalue weighted by molar-refractivity contribution is 7.89. The van der Waals surface area contributed by atoms with E-state index in [9.17, 15) is 13.2 Å². The molecular weight excluding hydrogens is 414 g/mol. The first-order valence-corrected chi connectivity index (χ1v) is 12.5. The molecule has 0 spiro atoms. The van der Waals surface area contributed by atoms with E-state index in [1.54, 1.807) is 31.4 Å². The van der Waals surface area contributed by atoms with Gasteiger partial charge in [0.25, 0.3) is 0 Å². The highest BCUT2D eigenvalue weighted by atomic mass is 32.2. The number of piperidine rings is 2. The largest absolute Gasteiger partial charge is 0.497 e. The van der Waals surface area contributed by atoms with Crippen molar-refractivity contribution in [3.8, 4) is 5.75 Å². The number of nitrogens with one attached hydrogen (secondary N) is 1. The van der Waals surface area contributed by atoms with E-state index in [1.807, 2.05) is 0 Å². The molecule has 2 saturated heterocycles. The fourth-order valence-electron chi connectivity index (χ4n) is 4.16. The maximum atomic E-state index is 13.0. The number of allylic oxidation sites excluding steroid dienone is 1. The third kappa shape index (κ3) is 6.30. The van der Waals surface area contributed by atoms with Gasteiger partial charge >= 0.3 is 0 Å². The van der Waals surface area contributed by atoms with Crippen molar-refractivity contribution in [1.29, 1.82) is 0 Å². The van der Waals surface area contributed by atoms with E-state index < -0.39 is 10.0 Å². The molecule has 2 aliphatic heterocycles. The summed E-state index contributed by atoms with van der Waals surface area (Å²) in [7, 11) is -2.08. The summed E-state index contributed by atoms with van der Waals surface area (Å²) in [5.74, 6) is 0.296. The van der Waals surface area contributed by atoms with E-state index in [1.165, 1.54) is 9.88 Å². The first kappa shape index (κ1) is 23.8. The molecule has 2 aliphatic rings. The minimum Gasteiger partial charge on any atom is -0.497 e. The molecule has 2 heterocycles. The molecule has 1 aromatic rings. The minimum atomic E-state index is -3.62. The van der Waals surface area contributed by atoms with Crippen molar-refractivity contribution in [2.45, 2.75) is 50.5 Å². The summed E-state index contributed by atoms with van der Waals surface area (Å²) in [4.78, 5) is 15.5. The molecule has 8 heteroatoms. The molecule has 0 bridgehead atoms. The number of carbonyl (C=O) groups excluding carboxylic acids is 1. The van der Waals surface area contributed by atoms with Crippen molar-refractivity contribution in [2.24, 2.45) is 5.92 Å². The van der Waals surface area contributed by atoms with Crippen molar-refractivity contribution >= 4 is 15.9 Å². The van der Waals surface area contributed by atoms with E-state index in [0.717, 1.165) is 38.9 Å². The van der Waals surface area contributed by atoms with Crippen LogP contribution in [-0.4, -0.2) is 69.4 Å². The number of hydrogen-bond acceptors (Lipinski definition) is 5. The van der Waals surface area contributed by atoms with Crippen LogP contribution in [0, 0.1) is 5.92 Å². The van der Waals surface area contributed by atoms with Crippen LogP contribution in [-0.2, 0) is 14.8 Å². The number of methoxy groups -OCH3 is 1. The van der Waals surface area contributed by atoms with Crippen molar-refractivity contribution in [1.82, 2.24) is 14.5 Å². The van der Waals surface area contributed by atoms with Crippen LogP contribution >= 0.6 is 0 Å². The van der Waals surface area contributed by atoms with Crippen LogP contribution in [0.1, 0.15) is 39.5 Å². The Balaban J connectivity index is 1.54. The van der Waals surface area contributed by atoms with E-state index in [0.29, 0.717) is 18.7 Å². The zero-order valence-corrected chi connectivity index (χ0v) is 19.7. The predicted molar refractivity (Wildman–Crippen MR) is 122 cm³/mol. The molecule has 7 nitrogen and oxygen atoms in total. The van der Waals surface area contributed by atoms with Gasteiger partial charge in [-0.2, -0.15) is 4.31 Å². The van der Waals surface area contributed by atoms with Gasteiger partial charge in [0.2, 0.25) is 15.9 Å². The van der Waals surface area contributed by atoms with E-state index in [4.69, 9.17) is 4.74 Å². The van der Waals surface area contributed by atoms with Crippen molar-refractivity contribution in [2.75, 3.05) is 39.8 Å². The Hall–Kier alpha value is -1.90. The molecule has 0 saturated carbocycles. The van der Waals surface area contributed by atoms with Gasteiger partial charge in [-0.3, -0.25) is 9.69 Å². The third-order valence-corrected chi connectivity index (χ3v) is 8.02.